The van der Waals surface area contributed by atoms with Crippen LogP contribution in [-0.4, -0.2) is 40.3 Å². The standard InChI is InChI=1S/C27H47FO3.CH4/c1-6-18-21-12-17(29)9-10-26(21,4)22-13-23(30)27(5)19(16(3)11-15(2)14-28)7-8-20(27)24(22)25(18)31;/h15-25,29-31H,6-14H2,1-5H3;1H4/t15-,16+,17+,18+,19+,20-,21-,22?,23-,24-,25+,26-,27+;/m0./s1. The van der Waals surface area contributed by atoms with E-state index in [1.165, 1.54) is 0 Å². The summed E-state index contributed by atoms with van der Waals surface area (Å²) in [6, 6.07) is 0. The Labute approximate surface area is 196 Å². The quantitative estimate of drug-likeness (QED) is 0.488. The molecule has 3 N–H and O–H groups in total. The molecular formula is C28H51FO3. The molecule has 32 heavy (non-hydrogen) atoms. The summed E-state index contributed by atoms with van der Waals surface area (Å²) < 4.78 is 13.2. The first-order valence-corrected chi connectivity index (χ1v) is 13.2. The number of fused-ring (bicyclic) bond motifs is 5. The van der Waals surface area contributed by atoms with Crippen LogP contribution in [0.5, 0.6) is 0 Å². The minimum absolute atomic E-state index is 0. The number of halogens is 1. The first-order valence-electron chi connectivity index (χ1n) is 13.2. The second kappa shape index (κ2) is 9.46. The van der Waals surface area contributed by atoms with Gasteiger partial charge in [-0.15, -0.1) is 0 Å². The third-order valence-corrected chi connectivity index (χ3v) is 11.3. The van der Waals surface area contributed by atoms with Crippen LogP contribution in [0.1, 0.15) is 93.4 Å². The zero-order chi connectivity index (χ0) is 22.7. The summed E-state index contributed by atoms with van der Waals surface area (Å²) in [5, 5.41) is 33.8. The van der Waals surface area contributed by atoms with Crippen molar-refractivity contribution in [2.45, 2.75) is 112 Å². The Hall–Kier alpha value is -0.190. The molecule has 0 aromatic rings. The molecule has 4 saturated carbocycles. The summed E-state index contributed by atoms with van der Waals surface area (Å²) in [5.74, 6) is 2.35. The Bertz CT molecular complexity index is 642. The molecular weight excluding hydrogens is 403 g/mol. The van der Waals surface area contributed by atoms with Gasteiger partial charge in [-0.05, 0) is 103 Å². The van der Waals surface area contributed by atoms with Crippen LogP contribution in [0.4, 0.5) is 4.39 Å². The Balaban J connectivity index is 0.00000289. The zero-order valence-corrected chi connectivity index (χ0v) is 20.4. The molecule has 0 heterocycles. The third kappa shape index (κ3) is 3.79. The molecule has 4 aliphatic rings. The lowest BCUT2D eigenvalue weighted by molar-refractivity contribution is -0.228. The van der Waals surface area contributed by atoms with Crippen molar-refractivity contribution in [3.8, 4) is 0 Å². The van der Waals surface area contributed by atoms with Crippen molar-refractivity contribution in [3.63, 3.8) is 0 Å². The minimum Gasteiger partial charge on any atom is -0.393 e. The van der Waals surface area contributed by atoms with E-state index in [1.807, 2.05) is 6.92 Å². The van der Waals surface area contributed by atoms with Gasteiger partial charge < -0.3 is 15.3 Å². The average Bonchev–Trinajstić information content (AvgIpc) is 3.09. The van der Waals surface area contributed by atoms with Gasteiger partial charge in [0.15, 0.2) is 0 Å². The highest BCUT2D eigenvalue weighted by Gasteiger charge is 2.67. The predicted molar refractivity (Wildman–Crippen MR) is 129 cm³/mol. The van der Waals surface area contributed by atoms with Gasteiger partial charge in [0.05, 0.1) is 25.0 Å². The molecule has 0 bridgehead atoms. The summed E-state index contributed by atoms with van der Waals surface area (Å²) in [6.07, 6.45) is 6.48. The van der Waals surface area contributed by atoms with Crippen LogP contribution in [0.3, 0.4) is 0 Å². The van der Waals surface area contributed by atoms with E-state index >= 15 is 0 Å². The first kappa shape index (κ1) is 26.4. The minimum atomic E-state index is -0.357. The zero-order valence-electron chi connectivity index (χ0n) is 20.4. The Kier molecular flexibility index (Phi) is 7.81. The molecule has 0 aromatic carbocycles. The SMILES string of the molecule is C.CC[C@H]1[C@@H](O)[C@@H]2C(C[C@H](O)[C@]3(C)[C@@H]([C@H](C)C[C@H](C)CF)CC[C@@H]23)[C@@]2(C)CC[C@@H](O)C[C@@H]12. The molecule has 1 unspecified atom stereocenters. The normalized spacial score (nSPS) is 52.2. The van der Waals surface area contributed by atoms with E-state index in [4.69, 9.17) is 0 Å². The maximum absolute atomic E-state index is 13.2. The van der Waals surface area contributed by atoms with Crippen molar-refractivity contribution >= 4 is 0 Å². The monoisotopic (exact) mass is 454 g/mol. The van der Waals surface area contributed by atoms with Crippen LogP contribution in [0, 0.1) is 58.2 Å². The number of aliphatic hydroxyl groups excluding tert-OH is 3. The summed E-state index contributed by atoms with van der Waals surface area (Å²) in [7, 11) is 0. The fraction of sp³-hybridized carbons (Fsp3) is 1.00. The van der Waals surface area contributed by atoms with E-state index in [1.54, 1.807) is 0 Å². The maximum atomic E-state index is 13.2. The second-order valence-electron chi connectivity index (χ2n) is 12.7. The first-order chi connectivity index (χ1) is 14.6. The molecule has 3 nitrogen and oxygen atoms in total. The summed E-state index contributed by atoms with van der Waals surface area (Å²) in [4.78, 5) is 0. The van der Waals surface area contributed by atoms with Gasteiger partial charge in [0.2, 0.25) is 0 Å². The van der Waals surface area contributed by atoms with Crippen LogP contribution in [0.2, 0.25) is 0 Å². The summed E-state index contributed by atoms with van der Waals surface area (Å²) in [6.45, 7) is 10.9. The molecule has 0 aliphatic heterocycles. The van der Waals surface area contributed by atoms with Crippen LogP contribution in [-0.2, 0) is 0 Å². The van der Waals surface area contributed by atoms with Gasteiger partial charge in [-0.2, -0.15) is 0 Å². The van der Waals surface area contributed by atoms with Crippen molar-refractivity contribution < 1.29 is 19.7 Å². The van der Waals surface area contributed by atoms with Gasteiger partial charge >= 0.3 is 0 Å². The molecule has 4 aliphatic carbocycles. The van der Waals surface area contributed by atoms with Crippen molar-refractivity contribution in [1.29, 1.82) is 0 Å². The Morgan fingerprint density at radius 3 is 2.28 bits per heavy atom. The van der Waals surface area contributed by atoms with Gasteiger partial charge in [-0.25, -0.2) is 0 Å². The van der Waals surface area contributed by atoms with Crippen LogP contribution < -0.4 is 0 Å². The van der Waals surface area contributed by atoms with E-state index in [-0.39, 0.29) is 61.0 Å². The molecule has 188 valence electrons. The van der Waals surface area contributed by atoms with Crippen molar-refractivity contribution in [2.75, 3.05) is 6.67 Å². The van der Waals surface area contributed by atoms with Gasteiger partial charge in [-0.1, -0.05) is 48.5 Å². The highest BCUT2D eigenvalue weighted by atomic mass is 19.1. The average molecular weight is 455 g/mol. The van der Waals surface area contributed by atoms with E-state index in [0.717, 1.165) is 51.4 Å². The number of hydrogen-bond donors (Lipinski definition) is 3. The van der Waals surface area contributed by atoms with Crippen LogP contribution in [0.25, 0.3) is 0 Å². The van der Waals surface area contributed by atoms with Crippen molar-refractivity contribution in [1.82, 2.24) is 0 Å². The van der Waals surface area contributed by atoms with Gasteiger partial charge in [0.25, 0.3) is 0 Å². The molecule has 4 fully saturated rings. The third-order valence-electron chi connectivity index (χ3n) is 11.3. The molecule has 0 saturated heterocycles. The van der Waals surface area contributed by atoms with E-state index in [2.05, 4.69) is 27.7 Å². The highest BCUT2D eigenvalue weighted by Crippen LogP contribution is 2.69. The number of rotatable bonds is 5. The fourth-order valence-electron chi connectivity index (χ4n) is 9.75. The van der Waals surface area contributed by atoms with E-state index in [0.29, 0.717) is 29.6 Å². The summed E-state index contributed by atoms with van der Waals surface area (Å²) in [5.41, 5.74) is -0.0914. The molecule has 0 amide bonds. The molecule has 0 aromatic heterocycles. The molecule has 4 rings (SSSR count). The highest BCUT2D eigenvalue weighted by molar-refractivity contribution is 5.15. The van der Waals surface area contributed by atoms with E-state index < -0.39 is 0 Å². The maximum Gasteiger partial charge on any atom is 0.0920 e. The Morgan fingerprint density at radius 2 is 1.66 bits per heavy atom. The molecule has 4 heteroatoms. The lowest BCUT2D eigenvalue weighted by atomic mass is 9.41. The van der Waals surface area contributed by atoms with Crippen molar-refractivity contribution in [3.05, 3.63) is 0 Å². The molecule has 0 radical (unpaired) electrons. The van der Waals surface area contributed by atoms with Gasteiger partial charge in [-0.3, -0.25) is 4.39 Å². The van der Waals surface area contributed by atoms with Gasteiger partial charge in [0.1, 0.15) is 0 Å². The van der Waals surface area contributed by atoms with Crippen LogP contribution >= 0.6 is 0 Å². The summed E-state index contributed by atoms with van der Waals surface area (Å²) >= 11 is 0. The lowest BCUT2D eigenvalue weighted by Crippen LogP contribution is -2.65. The van der Waals surface area contributed by atoms with Crippen molar-refractivity contribution in [2.24, 2.45) is 58.2 Å². The number of aliphatic hydroxyl groups is 3. The molecule has 0 spiro atoms. The molecule has 13 atom stereocenters. The fourth-order valence-corrected chi connectivity index (χ4v) is 9.75. The number of alkyl halides is 1. The largest absolute Gasteiger partial charge is 0.393 e. The lowest BCUT2D eigenvalue weighted by Gasteiger charge is -2.65. The van der Waals surface area contributed by atoms with Crippen LogP contribution in [0.15, 0.2) is 0 Å². The Morgan fingerprint density at radius 1 is 0.969 bits per heavy atom. The number of hydrogen-bond acceptors (Lipinski definition) is 3. The smallest absolute Gasteiger partial charge is 0.0920 e. The second-order valence-corrected chi connectivity index (χ2v) is 12.7. The topological polar surface area (TPSA) is 60.7 Å². The predicted octanol–water partition coefficient (Wildman–Crippen LogP) is 5.85. The van der Waals surface area contributed by atoms with E-state index in [9.17, 15) is 19.7 Å². The van der Waals surface area contributed by atoms with Gasteiger partial charge in [0, 0.05) is 0 Å².